The van der Waals surface area contributed by atoms with Crippen LogP contribution in [0.15, 0.2) is 95.9 Å². The largest absolute Gasteiger partial charge is 0.495 e. The van der Waals surface area contributed by atoms with E-state index in [4.69, 9.17) is 25.8 Å². The highest BCUT2D eigenvalue weighted by Crippen LogP contribution is 2.35. The van der Waals surface area contributed by atoms with Gasteiger partial charge >= 0.3 is 0 Å². The number of anilines is 2. The molecule has 2 amide bonds. The fourth-order valence-electron chi connectivity index (χ4n) is 4.44. The normalized spacial score (nSPS) is 10.9. The second-order valence-corrected chi connectivity index (χ2v) is 11.7. The third-order valence-corrected chi connectivity index (χ3v) is 8.63. The van der Waals surface area contributed by atoms with E-state index in [1.807, 2.05) is 12.1 Å². The number of sulfonamides is 1. The molecule has 0 saturated heterocycles. The molecular weight excluding hydrogens is 606 g/mol. The summed E-state index contributed by atoms with van der Waals surface area (Å²) < 4.78 is 44.4. The monoisotopic (exact) mass is 637 g/mol. The standard InChI is InChI=1S/C32H32ClN3O7S/c1-41-28-16-14-23(33)20-27(28)36(44(39,40)24-9-5-4-6-10-24)21-31(37)35-26-12-8-7-11-25(26)32(38)34-18-17-22-13-15-29(42-2)30(19-22)43-3/h4-16,19-20H,17-18,21H2,1-3H3,(H,34,38)(H,35,37). The fraction of sp³-hybridized carbons (Fsp3) is 0.188. The molecule has 0 aliphatic heterocycles. The molecular formula is C32H32ClN3O7S. The zero-order valence-corrected chi connectivity index (χ0v) is 25.9. The van der Waals surface area contributed by atoms with Gasteiger partial charge in [-0.05, 0) is 66.6 Å². The van der Waals surface area contributed by atoms with Crippen molar-refractivity contribution in [3.8, 4) is 17.2 Å². The number of nitrogens with one attached hydrogen (secondary N) is 2. The number of carbonyl (C=O) groups is 2. The maximum atomic E-state index is 13.8. The summed E-state index contributed by atoms with van der Waals surface area (Å²) in [5, 5.41) is 5.81. The zero-order chi connectivity index (χ0) is 31.7. The molecule has 0 bridgehead atoms. The predicted octanol–water partition coefficient (Wildman–Crippen LogP) is 5.17. The lowest BCUT2D eigenvalue weighted by molar-refractivity contribution is -0.114. The molecule has 0 aliphatic rings. The van der Waals surface area contributed by atoms with Crippen LogP contribution in [0.4, 0.5) is 11.4 Å². The van der Waals surface area contributed by atoms with Crippen molar-refractivity contribution < 1.29 is 32.2 Å². The van der Waals surface area contributed by atoms with E-state index in [1.165, 1.54) is 31.4 Å². The van der Waals surface area contributed by atoms with Crippen molar-refractivity contribution in [3.05, 3.63) is 107 Å². The number of methoxy groups -OCH3 is 3. The van der Waals surface area contributed by atoms with Crippen molar-refractivity contribution in [3.63, 3.8) is 0 Å². The number of halogens is 1. The Morgan fingerprint density at radius 1 is 0.795 bits per heavy atom. The van der Waals surface area contributed by atoms with Gasteiger partial charge in [0, 0.05) is 11.6 Å². The summed E-state index contributed by atoms with van der Waals surface area (Å²) in [6.07, 6.45) is 0.522. The van der Waals surface area contributed by atoms with Crippen LogP contribution in [0.25, 0.3) is 0 Å². The number of hydrogen-bond donors (Lipinski definition) is 2. The van der Waals surface area contributed by atoms with Gasteiger partial charge in [-0.2, -0.15) is 0 Å². The zero-order valence-electron chi connectivity index (χ0n) is 24.4. The first kappa shape index (κ1) is 32.2. The minimum Gasteiger partial charge on any atom is -0.495 e. The van der Waals surface area contributed by atoms with Crippen LogP contribution < -0.4 is 29.1 Å². The highest BCUT2D eigenvalue weighted by Gasteiger charge is 2.30. The van der Waals surface area contributed by atoms with Crippen LogP contribution >= 0.6 is 11.6 Å². The lowest BCUT2D eigenvalue weighted by Crippen LogP contribution is -2.38. The molecule has 0 saturated carbocycles. The number of benzene rings is 4. The molecule has 0 radical (unpaired) electrons. The average Bonchev–Trinajstić information content (AvgIpc) is 3.04. The molecule has 4 aromatic rings. The maximum absolute atomic E-state index is 13.8. The third-order valence-electron chi connectivity index (χ3n) is 6.62. The molecule has 10 nitrogen and oxygen atoms in total. The summed E-state index contributed by atoms with van der Waals surface area (Å²) in [6, 6.07) is 24.2. The number of ether oxygens (including phenoxy) is 3. The summed E-state index contributed by atoms with van der Waals surface area (Å²) in [6.45, 7) is -0.308. The molecule has 0 spiro atoms. The van der Waals surface area contributed by atoms with Crippen LogP contribution in [0.1, 0.15) is 15.9 Å². The highest BCUT2D eigenvalue weighted by molar-refractivity contribution is 7.92. The lowest BCUT2D eigenvalue weighted by Gasteiger charge is -2.26. The van der Waals surface area contributed by atoms with Gasteiger partial charge in [0.15, 0.2) is 11.5 Å². The van der Waals surface area contributed by atoms with E-state index < -0.39 is 28.4 Å². The number of amides is 2. The minimum atomic E-state index is -4.23. The predicted molar refractivity (Wildman–Crippen MR) is 170 cm³/mol. The van der Waals surface area contributed by atoms with Crippen molar-refractivity contribution in [2.45, 2.75) is 11.3 Å². The van der Waals surface area contributed by atoms with Gasteiger partial charge in [-0.1, -0.05) is 48.0 Å². The molecule has 0 fully saturated rings. The van der Waals surface area contributed by atoms with Crippen LogP contribution in [0, 0.1) is 0 Å². The first-order valence-corrected chi connectivity index (χ1v) is 15.3. The quantitative estimate of drug-likeness (QED) is 0.207. The topological polar surface area (TPSA) is 123 Å². The molecule has 12 heteroatoms. The average molecular weight is 638 g/mol. The van der Waals surface area contributed by atoms with Crippen molar-refractivity contribution >= 4 is 44.8 Å². The van der Waals surface area contributed by atoms with Crippen LogP contribution in [0.5, 0.6) is 17.2 Å². The Labute approximate surface area is 261 Å². The first-order chi connectivity index (χ1) is 21.2. The number of rotatable bonds is 13. The summed E-state index contributed by atoms with van der Waals surface area (Å²) in [7, 11) is 0.271. The number of para-hydroxylation sites is 1. The Balaban J connectivity index is 1.52. The van der Waals surface area contributed by atoms with Gasteiger partial charge in [-0.15, -0.1) is 0 Å². The summed E-state index contributed by atoms with van der Waals surface area (Å²) >= 11 is 6.21. The summed E-state index contributed by atoms with van der Waals surface area (Å²) in [5.74, 6) is 0.303. The van der Waals surface area contributed by atoms with E-state index in [9.17, 15) is 18.0 Å². The first-order valence-electron chi connectivity index (χ1n) is 13.5. The molecule has 4 aromatic carbocycles. The Bertz CT molecular complexity index is 1730. The molecule has 44 heavy (non-hydrogen) atoms. The highest BCUT2D eigenvalue weighted by atomic mass is 35.5. The number of nitrogens with zero attached hydrogens (tertiary/aromatic N) is 1. The van der Waals surface area contributed by atoms with Crippen molar-refractivity contribution in [2.75, 3.05) is 44.0 Å². The Morgan fingerprint density at radius 2 is 1.45 bits per heavy atom. The van der Waals surface area contributed by atoms with Crippen LogP contribution in [0.2, 0.25) is 5.02 Å². The van der Waals surface area contributed by atoms with Gasteiger partial charge in [0.05, 0.1) is 43.2 Å². The molecule has 2 N–H and O–H groups in total. The van der Waals surface area contributed by atoms with Crippen molar-refractivity contribution in [1.29, 1.82) is 0 Å². The molecule has 0 aliphatic carbocycles. The van der Waals surface area contributed by atoms with E-state index in [2.05, 4.69) is 10.6 Å². The number of carbonyl (C=O) groups excluding carboxylic acids is 2. The fourth-order valence-corrected chi connectivity index (χ4v) is 6.05. The van der Waals surface area contributed by atoms with Crippen molar-refractivity contribution in [2.24, 2.45) is 0 Å². The van der Waals surface area contributed by atoms with Crippen molar-refractivity contribution in [1.82, 2.24) is 5.32 Å². The van der Waals surface area contributed by atoms with Gasteiger partial charge in [-0.25, -0.2) is 8.42 Å². The van der Waals surface area contributed by atoms with E-state index in [1.54, 1.807) is 68.8 Å². The van der Waals surface area contributed by atoms with Crippen LogP contribution in [0.3, 0.4) is 0 Å². The van der Waals surface area contributed by atoms with Gasteiger partial charge in [-0.3, -0.25) is 13.9 Å². The van der Waals surface area contributed by atoms with Gasteiger partial charge in [0.1, 0.15) is 12.3 Å². The van der Waals surface area contributed by atoms with E-state index in [0.29, 0.717) is 24.5 Å². The molecule has 0 aromatic heterocycles. The molecule has 4 rings (SSSR count). The second-order valence-electron chi connectivity index (χ2n) is 9.43. The van der Waals surface area contributed by atoms with Crippen LogP contribution in [-0.4, -0.2) is 54.7 Å². The summed E-state index contributed by atoms with van der Waals surface area (Å²) in [4.78, 5) is 26.5. The molecule has 0 atom stereocenters. The summed E-state index contributed by atoms with van der Waals surface area (Å²) in [5.41, 5.74) is 1.45. The number of hydrogen-bond acceptors (Lipinski definition) is 7. The van der Waals surface area contributed by atoms with E-state index in [-0.39, 0.29) is 32.6 Å². The lowest BCUT2D eigenvalue weighted by atomic mass is 10.1. The Kier molecular flexibility index (Phi) is 10.7. The molecule has 230 valence electrons. The second kappa shape index (κ2) is 14.6. The smallest absolute Gasteiger partial charge is 0.264 e. The maximum Gasteiger partial charge on any atom is 0.264 e. The molecule has 0 heterocycles. The van der Waals surface area contributed by atoms with Gasteiger partial charge < -0.3 is 24.8 Å². The van der Waals surface area contributed by atoms with Gasteiger partial charge in [0.25, 0.3) is 15.9 Å². The molecule has 0 unspecified atom stereocenters. The van der Waals surface area contributed by atoms with E-state index in [0.717, 1.165) is 9.87 Å². The third kappa shape index (κ3) is 7.61. The van der Waals surface area contributed by atoms with Crippen LogP contribution in [-0.2, 0) is 21.2 Å². The van der Waals surface area contributed by atoms with E-state index >= 15 is 0 Å². The van der Waals surface area contributed by atoms with Gasteiger partial charge in [0.2, 0.25) is 5.91 Å². The Hall–Kier alpha value is -4.74. The minimum absolute atomic E-state index is 0.0240. The SMILES string of the molecule is COc1ccc(CCNC(=O)c2ccccc2NC(=O)CN(c2cc(Cl)ccc2OC)S(=O)(=O)c2ccccc2)cc1OC. The Morgan fingerprint density at radius 3 is 2.16 bits per heavy atom.